The van der Waals surface area contributed by atoms with E-state index in [9.17, 15) is 18.0 Å². The van der Waals surface area contributed by atoms with E-state index < -0.39 is 18.3 Å². The third-order valence-electron chi connectivity index (χ3n) is 4.09. The van der Waals surface area contributed by atoms with Gasteiger partial charge in [-0.1, -0.05) is 55.5 Å². The second kappa shape index (κ2) is 8.23. The van der Waals surface area contributed by atoms with Crippen molar-refractivity contribution in [3.63, 3.8) is 0 Å². The molecule has 0 aliphatic carbocycles. The minimum Gasteiger partial charge on any atom is -0.405 e. The van der Waals surface area contributed by atoms with Crippen LogP contribution >= 0.6 is 0 Å². The van der Waals surface area contributed by atoms with Crippen LogP contribution in [0.25, 0.3) is 0 Å². The number of para-hydroxylation sites is 1. The van der Waals surface area contributed by atoms with E-state index >= 15 is 0 Å². The van der Waals surface area contributed by atoms with Crippen LogP contribution < -0.4 is 10.5 Å². The smallest absolute Gasteiger partial charge is 0.405 e. The first kappa shape index (κ1) is 19.8. The number of nitrogens with two attached hydrogens (primary N) is 1. The fourth-order valence-corrected chi connectivity index (χ4v) is 2.66. The maximum Gasteiger partial charge on any atom is 0.573 e. The molecule has 2 aromatic rings. The molecule has 26 heavy (non-hydrogen) atoms. The molecule has 0 heterocycles. The number of hydrogen-bond donors (Lipinski definition) is 1. The Morgan fingerprint density at radius 1 is 1.12 bits per heavy atom. The fraction of sp³-hybridized carbons (Fsp3) is 0.316. The van der Waals surface area contributed by atoms with Crippen LogP contribution in [-0.4, -0.2) is 24.2 Å². The van der Waals surface area contributed by atoms with Gasteiger partial charge in [0, 0.05) is 25.2 Å². The highest BCUT2D eigenvalue weighted by Gasteiger charge is 2.32. The van der Waals surface area contributed by atoms with E-state index in [-0.39, 0.29) is 23.8 Å². The number of benzene rings is 2. The molecule has 4 nitrogen and oxygen atoms in total. The molecule has 7 heteroatoms. The molecule has 0 spiro atoms. The standard InChI is InChI=1S/C19H21F3N2O2/c1-13(17(23)14-8-4-3-5-9-14)18(25)24(2)12-15-10-6-7-11-16(15)26-19(20,21)22/h3-11,13,17H,12,23H2,1-2H3. The lowest BCUT2D eigenvalue weighted by atomic mass is 9.94. The van der Waals surface area contributed by atoms with Crippen LogP contribution in [0.3, 0.4) is 0 Å². The highest BCUT2D eigenvalue weighted by atomic mass is 19.4. The average Bonchev–Trinajstić information content (AvgIpc) is 2.61. The van der Waals surface area contributed by atoms with E-state index in [0.717, 1.165) is 5.56 Å². The number of carbonyl (C=O) groups excluding carboxylic acids is 1. The largest absolute Gasteiger partial charge is 0.573 e. The quantitative estimate of drug-likeness (QED) is 0.844. The van der Waals surface area contributed by atoms with Crippen molar-refractivity contribution in [2.24, 2.45) is 11.7 Å². The maximum absolute atomic E-state index is 12.6. The molecule has 2 unspecified atom stereocenters. The van der Waals surface area contributed by atoms with Gasteiger partial charge in [-0.25, -0.2) is 0 Å². The van der Waals surface area contributed by atoms with Crippen LogP contribution in [-0.2, 0) is 11.3 Å². The van der Waals surface area contributed by atoms with E-state index in [2.05, 4.69) is 4.74 Å². The van der Waals surface area contributed by atoms with Crippen LogP contribution in [0, 0.1) is 5.92 Å². The third-order valence-corrected chi connectivity index (χ3v) is 4.09. The van der Waals surface area contributed by atoms with Crippen molar-refractivity contribution in [2.75, 3.05) is 7.05 Å². The number of carbonyl (C=O) groups is 1. The number of hydrogen-bond acceptors (Lipinski definition) is 3. The normalized spacial score (nSPS) is 13.8. The zero-order valence-electron chi connectivity index (χ0n) is 14.5. The van der Waals surface area contributed by atoms with Crippen molar-refractivity contribution in [1.82, 2.24) is 4.90 Å². The van der Waals surface area contributed by atoms with Crippen LogP contribution in [0.5, 0.6) is 5.75 Å². The summed E-state index contributed by atoms with van der Waals surface area (Å²) in [5.41, 5.74) is 7.25. The summed E-state index contributed by atoms with van der Waals surface area (Å²) in [5, 5.41) is 0. The van der Waals surface area contributed by atoms with Crippen LogP contribution in [0.4, 0.5) is 13.2 Å². The highest BCUT2D eigenvalue weighted by Crippen LogP contribution is 2.28. The molecular weight excluding hydrogens is 345 g/mol. The zero-order valence-corrected chi connectivity index (χ0v) is 14.5. The molecule has 0 saturated heterocycles. The number of alkyl halides is 3. The van der Waals surface area contributed by atoms with Gasteiger partial charge in [0.1, 0.15) is 5.75 Å². The van der Waals surface area contributed by atoms with Crippen molar-refractivity contribution in [1.29, 1.82) is 0 Å². The van der Waals surface area contributed by atoms with Gasteiger partial charge >= 0.3 is 6.36 Å². The lowest BCUT2D eigenvalue weighted by molar-refractivity contribution is -0.275. The molecule has 1 amide bonds. The van der Waals surface area contributed by atoms with Gasteiger partial charge < -0.3 is 15.4 Å². The van der Waals surface area contributed by atoms with E-state index in [4.69, 9.17) is 5.73 Å². The van der Waals surface area contributed by atoms with Gasteiger partial charge in [-0.3, -0.25) is 4.79 Å². The summed E-state index contributed by atoms with van der Waals surface area (Å²) < 4.78 is 41.6. The first-order chi connectivity index (χ1) is 12.2. The van der Waals surface area contributed by atoms with E-state index in [1.807, 2.05) is 30.3 Å². The summed E-state index contributed by atoms with van der Waals surface area (Å²) in [6.45, 7) is 1.69. The number of ether oxygens (including phenoxy) is 1. The number of amides is 1. The lowest BCUT2D eigenvalue weighted by Gasteiger charge is -2.26. The van der Waals surface area contributed by atoms with Crippen LogP contribution in [0.1, 0.15) is 24.1 Å². The molecular formula is C19H21F3N2O2. The molecule has 0 bridgehead atoms. The van der Waals surface area contributed by atoms with Gasteiger partial charge in [0.2, 0.25) is 5.91 Å². The summed E-state index contributed by atoms with van der Waals surface area (Å²) in [5.74, 6) is -1.11. The molecule has 2 aromatic carbocycles. The molecule has 0 radical (unpaired) electrons. The number of rotatable bonds is 6. The molecule has 0 aliphatic rings. The van der Waals surface area contributed by atoms with Crippen LogP contribution in [0.15, 0.2) is 54.6 Å². The maximum atomic E-state index is 12.6. The van der Waals surface area contributed by atoms with Crippen LogP contribution in [0.2, 0.25) is 0 Å². The van der Waals surface area contributed by atoms with Gasteiger partial charge in [0.05, 0.1) is 5.92 Å². The second-order valence-corrected chi connectivity index (χ2v) is 6.07. The number of halogens is 3. The van der Waals surface area contributed by atoms with E-state index in [0.29, 0.717) is 0 Å². The Bertz CT molecular complexity index is 735. The fourth-order valence-electron chi connectivity index (χ4n) is 2.66. The molecule has 2 N–H and O–H groups in total. The topological polar surface area (TPSA) is 55.6 Å². The summed E-state index contributed by atoms with van der Waals surface area (Å²) >= 11 is 0. The minimum absolute atomic E-state index is 0.0169. The lowest BCUT2D eigenvalue weighted by Crippen LogP contribution is -2.36. The molecule has 140 valence electrons. The Hall–Kier alpha value is -2.54. The molecule has 0 aromatic heterocycles. The van der Waals surface area contributed by atoms with Crippen molar-refractivity contribution in [3.05, 3.63) is 65.7 Å². The molecule has 0 saturated carbocycles. The van der Waals surface area contributed by atoms with Gasteiger partial charge in [-0.2, -0.15) is 0 Å². The molecule has 0 aliphatic heterocycles. The van der Waals surface area contributed by atoms with Crippen molar-refractivity contribution in [3.8, 4) is 5.75 Å². The predicted octanol–water partition coefficient (Wildman–Crippen LogP) is 3.88. The SMILES string of the molecule is CC(C(=O)N(C)Cc1ccccc1OC(F)(F)F)C(N)c1ccccc1. The minimum atomic E-state index is -4.79. The van der Waals surface area contributed by atoms with Crippen molar-refractivity contribution >= 4 is 5.91 Å². The summed E-state index contributed by atoms with van der Waals surface area (Å²) in [6.07, 6.45) is -4.79. The highest BCUT2D eigenvalue weighted by molar-refractivity contribution is 5.79. The second-order valence-electron chi connectivity index (χ2n) is 6.07. The Morgan fingerprint density at radius 2 is 1.69 bits per heavy atom. The average molecular weight is 366 g/mol. The first-order valence-corrected chi connectivity index (χ1v) is 8.08. The van der Waals surface area contributed by atoms with Crippen molar-refractivity contribution in [2.45, 2.75) is 25.9 Å². The summed E-state index contributed by atoms with van der Waals surface area (Å²) in [7, 11) is 1.53. The molecule has 0 fully saturated rings. The molecule has 2 atom stereocenters. The predicted molar refractivity (Wildman–Crippen MR) is 92.1 cm³/mol. The Morgan fingerprint density at radius 3 is 2.31 bits per heavy atom. The zero-order chi connectivity index (χ0) is 19.3. The monoisotopic (exact) mass is 366 g/mol. The van der Waals surface area contributed by atoms with E-state index in [1.165, 1.54) is 30.1 Å². The van der Waals surface area contributed by atoms with Gasteiger partial charge in [-0.15, -0.1) is 13.2 Å². The Balaban J connectivity index is 2.10. The first-order valence-electron chi connectivity index (χ1n) is 8.08. The Labute approximate surface area is 150 Å². The van der Waals surface area contributed by atoms with Crippen molar-refractivity contribution < 1.29 is 22.7 Å². The summed E-state index contributed by atoms with van der Waals surface area (Å²) in [6, 6.07) is 14.4. The Kier molecular flexibility index (Phi) is 6.26. The van der Waals surface area contributed by atoms with E-state index in [1.54, 1.807) is 13.0 Å². The summed E-state index contributed by atoms with van der Waals surface area (Å²) in [4.78, 5) is 14.0. The van der Waals surface area contributed by atoms with Gasteiger partial charge in [-0.05, 0) is 11.6 Å². The van der Waals surface area contributed by atoms with Gasteiger partial charge in [0.25, 0.3) is 0 Å². The molecule has 2 rings (SSSR count). The third kappa shape index (κ3) is 5.23. The number of nitrogens with zero attached hydrogens (tertiary/aromatic N) is 1. The van der Waals surface area contributed by atoms with Gasteiger partial charge in [0.15, 0.2) is 0 Å².